The molecule has 0 saturated heterocycles. The quantitative estimate of drug-likeness (QED) is 0.510. The van der Waals surface area contributed by atoms with Crippen LogP contribution in [0.3, 0.4) is 0 Å². The van der Waals surface area contributed by atoms with Gasteiger partial charge in [0.2, 0.25) is 0 Å². The van der Waals surface area contributed by atoms with Crippen molar-refractivity contribution < 1.29 is 4.79 Å². The summed E-state index contributed by atoms with van der Waals surface area (Å²) in [5.41, 5.74) is 3.39. The van der Waals surface area contributed by atoms with Crippen LogP contribution in [0.25, 0.3) is 0 Å². The summed E-state index contributed by atoms with van der Waals surface area (Å²) in [6.07, 6.45) is 6.54. The van der Waals surface area contributed by atoms with Gasteiger partial charge in [-0.05, 0) is 52.5 Å². The van der Waals surface area contributed by atoms with Crippen LogP contribution < -0.4 is 10.6 Å². The van der Waals surface area contributed by atoms with Gasteiger partial charge in [0.15, 0.2) is 0 Å². The number of amides is 2. The molecule has 2 aliphatic rings. The summed E-state index contributed by atoms with van der Waals surface area (Å²) in [4.78, 5) is 12.9. The molecule has 0 aromatic heterocycles. The zero-order chi connectivity index (χ0) is 20.1. The van der Waals surface area contributed by atoms with Gasteiger partial charge in [-0.3, -0.25) is 0 Å². The molecular formula is C23H34N2OS2. The summed E-state index contributed by atoms with van der Waals surface area (Å²) < 4.78 is 0.0657. The fourth-order valence-corrected chi connectivity index (χ4v) is 6.96. The van der Waals surface area contributed by atoms with Crippen LogP contribution >= 0.6 is 23.5 Å². The number of hydrogen-bond acceptors (Lipinski definition) is 3. The Morgan fingerprint density at radius 3 is 2.14 bits per heavy atom. The minimum absolute atomic E-state index is 0.0657. The van der Waals surface area contributed by atoms with Crippen molar-refractivity contribution in [3.05, 3.63) is 40.1 Å². The molecule has 1 heterocycles. The number of carbonyl (C=O) groups is 1. The molecule has 2 amide bonds. The highest BCUT2D eigenvalue weighted by molar-refractivity contribution is 8.23. The standard InChI is InChI=1S/C23H34N2OS2/c1-16(2)19-11-8-12-20(17(3)4)21(19)25-22(26)24-15-23(27-13-14-28-23)18-9-6-5-7-10-18/h8,11-14,16-18H,5-7,9-10,15H2,1-4H3,(H2,24,25,26). The first kappa shape index (κ1) is 21.6. The van der Waals surface area contributed by atoms with Crippen LogP contribution in [0.4, 0.5) is 10.5 Å². The first-order valence-corrected chi connectivity index (χ1v) is 12.4. The highest BCUT2D eigenvalue weighted by atomic mass is 32.2. The summed E-state index contributed by atoms with van der Waals surface area (Å²) in [5.74, 6) is 1.40. The van der Waals surface area contributed by atoms with Gasteiger partial charge >= 0.3 is 6.03 Å². The van der Waals surface area contributed by atoms with Crippen LogP contribution in [0.5, 0.6) is 0 Å². The molecule has 0 spiro atoms. The maximum absolute atomic E-state index is 12.9. The van der Waals surface area contributed by atoms with Crippen LogP contribution in [0.2, 0.25) is 0 Å². The molecule has 0 unspecified atom stereocenters. The minimum Gasteiger partial charge on any atom is -0.336 e. The molecule has 154 valence electrons. The van der Waals surface area contributed by atoms with E-state index in [-0.39, 0.29) is 10.1 Å². The number of nitrogens with one attached hydrogen (secondary N) is 2. The number of para-hydroxylation sites is 1. The number of benzene rings is 1. The van der Waals surface area contributed by atoms with Crippen LogP contribution in [-0.4, -0.2) is 16.7 Å². The van der Waals surface area contributed by atoms with E-state index in [1.165, 1.54) is 43.2 Å². The molecule has 3 rings (SSSR count). The highest BCUT2D eigenvalue weighted by Gasteiger charge is 2.41. The number of anilines is 1. The Kier molecular flexibility index (Phi) is 7.43. The molecular weight excluding hydrogens is 384 g/mol. The number of urea groups is 1. The summed E-state index contributed by atoms with van der Waals surface area (Å²) in [6.45, 7) is 9.42. The predicted octanol–water partition coefficient (Wildman–Crippen LogP) is 7.28. The molecule has 3 nitrogen and oxygen atoms in total. The molecule has 1 saturated carbocycles. The van der Waals surface area contributed by atoms with E-state index in [0.29, 0.717) is 24.3 Å². The van der Waals surface area contributed by atoms with Crippen molar-refractivity contribution in [3.63, 3.8) is 0 Å². The van der Waals surface area contributed by atoms with E-state index < -0.39 is 0 Å². The topological polar surface area (TPSA) is 41.1 Å². The summed E-state index contributed by atoms with van der Waals surface area (Å²) in [5, 5.41) is 10.8. The molecule has 28 heavy (non-hydrogen) atoms. The average Bonchev–Trinajstić information content (AvgIpc) is 3.17. The third-order valence-electron chi connectivity index (χ3n) is 5.92. The molecule has 1 fully saturated rings. The number of hydrogen-bond donors (Lipinski definition) is 2. The Hall–Kier alpha value is -1.07. The average molecular weight is 419 g/mol. The van der Waals surface area contributed by atoms with Gasteiger partial charge in [0.25, 0.3) is 0 Å². The van der Waals surface area contributed by atoms with Crippen molar-refractivity contribution >= 4 is 35.2 Å². The number of carbonyl (C=O) groups excluding carboxylic acids is 1. The molecule has 1 aliphatic heterocycles. The lowest BCUT2D eigenvalue weighted by atomic mass is 9.86. The number of thioether (sulfide) groups is 2. The fraction of sp³-hybridized carbons (Fsp3) is 0.609. The maximum Gasteiger partial charge on any atom is 0.319 e. The molecule has 2 N–H and O–H groups in total. The van der Waals surface area contributed by atoms with Crippen molar-refractivity contribution in [2.24, 2.45) is 5.92 Å². The second kappa shape index (κ2) is 9.62. The normalized spacial score (nSPS) is 19.4. The van der Waals surface area contributed by atoms with Gasteiger partial charge in [0, 0.05) is 12.2 Å². The highest BCUT2D eigenvalue weighted by Crippen LogP contribution is 2.53. The second-order valence-electron chi connectivity index (χ2n) is 8.58. The van der Waals surface area contributed by atoms with Crippen molar-refractivity contribution in [1.29, 1.82) is 0 Å². The maximum atomic E-state index is 12.9. The van der Waals surface area contributed by atoms with Crippen LogP contribution in [0.1, 0.15) is 82.8 Å². The Labute approximate surface area is 178 Å². The zero-order valence-electron chi connectivity index (χ0n) is 17.6. The van der Waals surface area contributed by atoms with E-state index >= 15 is 0 Å². The Balaban J connectivity index is 1.70. The van der Waals surface area contributed by atoms with E-state index in [9.17, 15) is 4.79 Å². The third-order valence-corrected chi connectivity index (χ3v) is 8.97. The molecule has 5 heteroatoms. The van der Waals surface area contributed by atoms with E-state index in [0.717, 1.165) is 5.69 Å². The molecule has 0 radical (unpaired) electrons. The zero-order valence-corrected chi connectivity index (χ0v) is 19.2. The molecule has 0 atom stereocenters. The molecule has 1 aliphatic carbocycles. The Morgan fingerprint density at radius 1 is 1.04 bits per heavy atom. The molecule has 1 aromatic carbocycles. The van der Waals surface area contributed by atoms with Gasteiger partial charge < -0.3 is 10.6 Å². The van der Waals surface area contributed by atoms with Gasteiger partial charge in [-0.25, -0.2) is 4.79 Å². The largest absolute Gasteiger partial charge is 0.336 e. The van der Waals surface area contributed by atoms with Gasteiger partial charge in [-0.15, -0.1) is 23.5 Å². The number of rotatable bonds is 6. The van der Waals surface area contributed by atoms with Gasteiger partial charge in [0.05, 0.1) is 4.08 Å². The van der Waals surface area contributed by atoms with Gasteiger partial charge in [0.1, 0.15) is 0 Å². The van der Waals surface area contributed by atoms with E-state index in [4.69, 9.17) is 0 Å². The van der Waals surface area contributed by atoms with Crippen LogP contribution in [0.15, 0.2) is 29.0 Å². The second-order valence-corrected chi connectivity index (χ2v) is 11.3. The monoisotopic (exact) mass is 418 g/mol. The molecule has 1 aromatic rings. The van der Waals surface area contributed by atoms with Crippen LogP contribution in [-0.2, 0) is 0 Å². The van der Waals surface area contributed by atoms with Crippen molar-refractivity contribution in [2.75, 3.05) is 11.9 Å². The Morgan fingerprint density at radius 2 is 1.61 bits per heavy atom. The van der Waals surface area contributed by atoms with Crippen LogP contribution in [0, 0.1) is 5.92 Å². The SMILES string of the molecule is CC(C)c1cccc(C(C)C)c1NC(=O)NCC1(C2CCCCC2)SC=CS1. The lowest BCUT2D eigenvalue weighted by Gasteiger charge is -2.38. The van der Waals surface area contributed by atoms with E-state index in [2.05, 4.69) is 67.3 Å². The van der Waals surface area contributed by atoms with Gasteiger partial charge in [-0.1, -0.05) is 65.2 Å². The van der Waals surface area contributed by atoms with E-state index in [1.54, 1.807) is 0 Å². The smallest absolute Gasteiger partial charge is 0.319 e. The summed E-state index contributed by atoms with van der Waals surface area (Å²) in [7, 11) is 0. The Bertz CT molecular complexity index is 674. The minimum atomic E-state index is -0.0849. The van der Waals surface area contributed by atoms with Crippen molar-refractivity contribution in [2.45, 2.75) is 75.7 Å². The van der Waals surface area contributed by atoms with Crippen molar-refractivity contribution in [3.8, 4) is 0 Å². The fourth-order valence-electron chi connectivity index (χ4n) is 4.33. The van der Waals surface area contributed by atoms with Gasteiger partial charge in [-0.2, -0.15) is 0 Å². The first-order valence-electron chi connectivity index (χ1n) is 10.6. The third kappa shape index (κ3) is 4.91. The lowest BCUT2D eigenvalue weighted by molar-refractivity contribution is 0.249. The lowest BCUT2D eigenvalue weighted by Crippen LogP contribution is -2.44. The predicted molar refractivity (Wildman–Crippen MR) is 125 cm³/mol. The summed E-state index contributed by atoms with van der Waals surface area (Å²) >= 11 is 3.80. The van der Waals surface area contributed by atoms with E-state index in [1.807, 2.05) is 23.5 Å². The van der Waals surface area contributed by atoms with Crippen molar-refractivity contribution in [1.82, 2.24) is 5.32 Å². The summed E-state index contributed by atoms with van der Waals surface area (Å²) in [6, 6.07) is 6.27. The molecule has 0 bridgehead atoms. The first-order chi connectivity index (χ1) is 13.4.